The van der Waals surface area contributed by atoms with E-state index in [2.05, 4.69) is 0 Å². The maximum Gasteiger partial charge on any atom is 0.310 e. The van der Waals surface area contributed by atoms with E-state index >= 15 is 0 Å². The summed E-state index contributed by atoms with van der Waals surface area (Å²) in [6.45, 7) is 4.45. The standard InChI is InChI=1S/C23H28N2O6S/c1-18-8-6-7-11-21(18)30-17-12-22(26)31-19(2)23(27)24-13-15-25(16-14-24)32(28,29)20-9-4-3-5-10-20/h3-11,19H,12-17H2,1-2H3. The quantitative estimate of drug-likeness (QED) is 0.561. The molecule has 172 valence electrons. The Hall–Kier alpha value is -2.91. The molecule has 1 saturated heterocycles. The van der Waals surface area contributed by atoms with Crippen molar-refractivity contribution in [2.75, 3.05) is 32.8 Å². The largest absolute Gasteiger partial charge is 0.493 e. The number of amides is 1. The fourth-order valence-electron chi connectivity index (χ4n) is 3.42. The van der Waals surface area contributed by atoms with Gasteiger partial charge < -0.3 is 14.4 Å². The third kappa shape index (κ3) is 5.86. The van der Waals surface area contributed by atoms with Gasteiger partial charge in [0.25, 0.3) is 5.91 Å². The minimum absolute atomic E-state index is 0.0229. The Balaban J connectivity index is 1.44. The van der Waals surface area contributed by atoms with Gasteiger partial charge in [0, 0.05) is 26.2 Å². The van der Waals surface area contributed by atoms with Crippen molar-refractivity contribution in [2.24, 2.45) is 0 Å². The average molecular weight is 461 g/mol. The van der Waals surface area contributed by atoms with Crippen molar-refractivity contribution in [3.8, 4) is 5.75 Å². The molecule has 0 aromatic heterocycles. The summed E-state index contributed by atoms with van der Waals surface area (Å²) in [4.78, 5) is 26.5. The van der Waals surface area contributed by atoms with Crippen LogP contribution in [0.2, 0.25) is 0 Å². The van der Waals surface area contributed by atoms with E-state index in [9.17, 15) is 18.0 Å². The molecule has 32 heavy (non-hydrogen) atoms. The molecule has 1 amide bonds. The molecule has 2 aromatic rings. The first kappa shape index (κ1) is 23.7. The third-order valence-corrected chi connectivity index (χ3v) is 7.16. The number of carbonyl (C=O) groups excluding carboxylic acids is 2. The number of rotatable bonds is 8. The van der Waals surface area contributed by atoms with Gasteiger partial charge in [0.05, 0.1) is 17.9 Å². The monoisotopic (exact) mass is 460 g/mol. The molecule has 0 aliphatic carbocycles. The maximum absolute atomic E-state index is 12.7. The summed E-state index contributed by atoms with van der Waals surface area (Å²) in [5.41, 5.74) is 0.970. The van der Waals surface area contributed by atoms with Gasteiger partial charge in [-0.15, -0.1) is 0 Å². The molecule has 1 heterocycles. The highest BCUT2D eigenvalue weighted by Crippen LogP contribution is 2.18. The Bertz CT molecular complexity index is 1030. The van der Waals surface area contributed by atoms with Crippen LogP contribution in [-0.4, -0.2) is 68.4 Å². The van der Waals surface area contributed by atoms with Crippen molar-refractivity contribution >= 4 is 21.9 Å². The van der Waals surface area contributed by atoms with Crippen LogP contribution in [0.3, 0.4) is 0 Å². The van der Waals surface area contributed by atoms with E-state index in [1.807, 2.05) is 31.2 Å². The Morgan fingerprint density at radius 2 is 1.59 bits per heavy atom. The topological polar surface area (TPSA) is 93.2 Å². The third-order valence-electron chi connectivity index (χ3n) is 5.24. The zero-order valence-corrected chi connectivity index (χ0v) is 19.1. The highest BCUT2D eigenvalue weighted by atomic mass is 32.2. The Morgan fingerprint density at radius 1 is 0.969 bits per heavy atom. The van der Waals surface area contributed by atoms with Gasteiger partial charge in [-0.05, 0) is 37.6 Å². The van der Waals surface area contributed by atoms with Crippen LogP contribution in [-0.2, 0) is 24.3 Å². The lowest BCUT2D eigenvalue weighted by Gasteiger charge is -2.35. The molecular weight excluding hydrogens is 432 g/mol. The van der Waals surface area contributed by atoms with E-state index < -0.39 is 22.1 Å². The molecule has 0 N–H and O–H groups in total. The first-order chi connectivity index (χ1) is 15.3. The van der Waals surface area contributed by atoms with Crippen LogP contribution in [0, 0.1) is 6.92 Å². The first-order valence-corrected chi connectivity index (χ1v) is 11.9. The summed E-state index contributed by atoms with van der Waals surface area (Å²) in [6.07, 6.45) is -0.923. The number of sulfonamides is 1. The van der Waals surface area contributed by atoms with Gasteiger partial charge in [-0.2, -0.15) is 4.31 Å². The number of benzene rings is 2. The number of hydrogen-bond acceptors (Lipinski definition) is 6. The van der Waals surface area contributed by atoms with Crippen molar-refractivity contribution in [1.29, 1.82) is 0 Å². The zero-order chi connectivity index (χ0) is 23.1. The molecule has 1 fully saturated rings. The second kappa shape index (κ2) is 10.6. The molecule has 1 unspecified atom stereocenters. The van der Waals surface area contributed by atoms with Crippen LogP contribution in [0.15, 0.2) is 59.5 Å². The lowest BCUT2D eigenvalue weighted by molar-refractivity contribution is -0.160. The average Bonchev–Trinajstić information content (AvgIpc) is 2.80. The fraction of sp³-hybridized carbons (Fsp3) is 0.391. The maximum atomic E-state index is 12.7. The van der Waals surface area contributed by atoms with Crippen LogP contribution >= 0.6 is 0 Å². The first-order valence-electron chi connectivity index (χ1n) is 10.5. The zero-order valence-electron chi connectivity index (χ0n) is 18.3. The highest BCUT2D eigenvalue weighted by Gasteiger charge is 2.32. The second-order valence-corrected chi connectivity index (χ2v) is 9.48. The van der Waals surface area contributed by atoms with Gasteiger partial charge in [0.2, 0.25) is 10.0 Å². The van der Waals surface area contributed by atoms with Crippen molar-refractivity contribution in [2.45, 2.75) is 31.3 Å². The number of carbonyl (C=O) groups is 2. The Kier molecular flexibility index (Phi) is 7.87. The molecule has 0 saturated carbocycles. The second-order valence-electron chi connectivity index (χ2n) is 7.54. The van der Waals surface area contributed by atoms with E-state index in [1.165, 1.54) is 16.1 Å². The highest BCUT2D eigenvalue weighted by molar-refractivity contribution is 7.89. The Morgan fingerprint density at radius 3 is 2.25 bits per heavy atom. The lowest BCUT2D eigenvalue weighted by atomic mass is 10.2. The lowest BCUT2D eigenvalue weighted by Crippen LogP contribution is -2.52. The van der Waals surface area contributed by atoms with Gasteiger partial charge in [0.15, 0.2) is 6.10 Å². The summed E-state index contributed by atoms with van der Waals surface area (Å²) in [5, 5.41) is 0. The van der Waals surface area contributed by atoms with Crippen LogP contribution in [0.1, 0.15) is 18.9 Å². The number of esters is 1. The molecule has 2 aromatic carbocycles. The SMILES string of the molecule is Cc1ccccc1OCCC(=O)OC(C)C(=O)N1CCN(S(=O)(=O)c2ccccc2)CC1. The molecular formula is C23H28N2O6S. The minimum atomic E-state index is -3.59. The van der Waals surface area contributed by atoms with E-state index in [4.69, 9.17) is 9.47 Å². The molecule has 0 spiro atoms. The minimum Gasteiger partial charge on any atom is -0.493 e. The summed E-state index contributed by atoms with van der Waals surface area (Å²) < 4.78 is 37.6. The van der Waals surface area contributed by atoms with Gasteiger partial charge >= 0.3 is 5.97 Å². The number of piperazine rings is 1. The summed E-state index contributed by atoms with van der Waals surface area (Å²) in [7, 11) is -3.59. The van der Waals surface area contributed by atoms with Crippen molar-refractivity contribution in [3.05, 3.63) is 60.2 Å². The Labute approximate surface area is 188 Å². The molecule has 3 rings (SSSR count). The molecule has 8 nitrogen and oxygen atoms in total. The number of nitrogens with zero attached hydrogens (tertiary/aromatic N) is 2. The number of hydrogen-bond donors (Lipinski definition) is 0. The number of para-hydroxylation sites is 1. The molecule has 0 bridgehead atoms. The predicted molar refractivity (Wildman–Crippen MR) is 119 cm³/mol. The van der Waals surface area contributed by atoms with Crippen LogP contribution < -0.4 is 4.74 Å². The summed E-state index contributed by atoms with van der Waals surface area (Å²) in [6, 6.07) is 15.7. The van der Waals surface area contributed by atoms with Gasteiger partial charge in [-0.1, -0.05) is 36.4 Å². The van der Waals surface area contributed by atoms with E-state index in [0.29, 0.717) is 5.75 Å². The smallest absolute Gasteiger partial charge is 0.310 e. The van der Waals surface area contributed by atoms with Gasteiger partial charge in [0.1, 0.15) is 5.75 Å². The van der Waals surface area contributed by atoms with Crippen molar-refractivity contribution in [3.63, 3.8) is 0 Å². The summed E-state index contributed by atoms with van der Waals surface area (Å²) >= 11 is 0. The van der Waals surface area contributed by atoms with Gasteiger partial charge in [-0.25, -0.2) is 8.42 Å². The van der Waals surface area contributed by atoms with Crippen molar-refractivity contribution < 1.29 is 27.5 Å². The number of ether oxygens (including phenoxy) is 2. The van der Waals surface area contributed by atoms with E-state index in [-0.39, 0.29) is 50.0 Å². The normalized spacial score (nSPS) is 15.8. The van der Waals surface area contributed by atoms with Crippen LogP contribution in [0.5, 0.6) is 5.75 Å². The van der Waals surface area contributed by atoms with Crippen LogP contribution in [0.25, 0.3) is 0 Å². The van der Waals surface area contributed by atoms with E-state index in [1.54, 1.807) is 30.3 Å². The molecule has 1 atom stereocenters. The number of aryl methyl sites for hydroxylation is 1. The molecule has 1 aliphatic rings. The van der Waals surface area contributed by atoms with Crippen LogP contribution in [0.4, 0.5) is 0 Å². The molecule has 9 heteroatoms. The summed E-state index contributed by atoms with van der Waals surface area (Å²) in [5.74, 6) is -0.160. The molecule has 1 aliphatic heterocycles. The van der Waals surface area contributed by atoms with Crippen molar-refractivity contribution in [1.82, 2.24) is 9.21 Å². The van der Waals surface area contributed by atoms with Gasteiger partial charge in [-0.3, -0.25) is 9.59 Å². The fourth-order valence-corrected chi connectivity index (χ4v) is 4.86. The molecule has 0 radical (unpaired) electrons. The van der Waals surface area contributed by atoms with E-state index in [0.717, 1.165) is 5.56 Å². The predicted octanol–water partition coefficient (Wildman–Crippen LogP) is 2.23.